The van der Waals surface area contributed by atoms with Gasteiger partial charge in [-0.2, -0.15) is 0 Å². The topological polar surface area (TPSA) is 94.1 Å². The number of carbonyl (C=O) groups is 2. The number of aliphatic carboxylic acids is 1. The Morgan fingerprint density at radius 3 is 2.32 bits per heavy atom. The van der Waals surface area contributed by atoms with Crippen LogP contribution >= 0.6 is 0 Å². The highest BCUT2D eigenvalue weighted by atomic mass is 16.6. The van der Waals surface area contributed by atoms with E-state index < -0.39 is 23.7 Å². The van der Waals surface area contributed by atoms with Gasteiger partial charge in [0.05, 0.1) is 13.2 Å². The number of benzene rings is 1. The van der Waals surface area contributed by atoms with Gasteiger partial charge in [-0.3, -0.25) is 0 Å². The van der Waals surface area contributed by atoms with E-state index in [9.17, 15) is 14.7 Å². The van der Waals surface area contributed by atoms with Gasteiger partial charge in [-0.15, -0.1) is 0 Å². The minimum absolute atomic E-state index is 0.0658. The highest BCUT2D eigenvalue weighted by molar-refractivity contribution is 5.80. The van der Waals surface area contributed by atoms with Gasteiger partial charge in [-0.25, -0.2) is 9.59 Å². The van der Waals surface area contributed by atoms with Crippen LogP contribution in [0.5, 0.6) is 11.5 Å². The molecule has 0 fully saturated rings. The third-order valence-corrected chi connectivity index (χ3v) is 3.06. The van der Waals surface area contributed by atoms with Crippen LogP contribution in [0.25, 0.3) is 0 Å². The average Bonchev–Trinajstić information content (AvgIpc) is 2.47. The first-order chi connectivity index (χ1) is 11.7. The molecule has 0 spiro atoms. The molecule has 25 heavy (non-hydrogen) atoms. The highest BCUT2D eigenvalue weighted by Crippen LogP contribution is 2.26. The SMILES string of the molecule is CCOc1ccc(CC(NC(=O)OC(C)(C)C)C(=O)O)c(OCC)c1. The minimum Gasteiger partial charge on any atom is -0.494 e. The summed E-state index contributed by atoms with van der Waals surface area (Å²) >= 11 is 0. The summed E-state index contributed by atoms with van der Waals surface area (Å²) in [5.74, 6) is 0.0227. The molecule has 0 aliphatic heterocycles. The molecule has 7 nitrogen and oxygen atoms in total. The number of hydrogen-bond donors (Lipinski definition) is 2. The van der Waals surface area contributed by atoms with E-state index in [0.29, 0.717) is 30.3 Å². The van der Waals surface area contributed by atoms with Crippen molar-refractivity contribution < 1.29 is 28.9 Å². The maximum atomic E-state index is 11.9. The molecular formula is C18H27NO6. The molecule has 2 N–H and O–H groups in total. The number of alkyl carbamates (subject to hydrolysis) is 1. The van der Waals surface area contributed by atoms with Crippen LogP contribution in [0.3, 0.4) is 0 Å². The fourth-order valence-corrected chi connectivity index (χ4v) is 2.12. The molecule has 0 heterocycles. The molecule has 0 aliphatic carbocycles. The molecule has 1 unspecified atom stereocenters. The third-order valence-electron chi connectivity index (χ3n) is 3.06. The zero-order valence-electron chi connectivity index (χ0n) is 15.4. The Morgan fingerprint density at radius 2 is 1.80 bits per heavy atom. The fraction of sp³-hybridized carbons (Fsp3) is 0.556. The summed E-state index contributed by atoms with van der Waals surface area (Å²) in [6.45, 7) is 9.79. The number of rotatable bonds is 8. The summed E-state index contributed by atoms with van der Waals surface area (Å²) in [5, 5.41) is 11.8. The van der Waals surface area contributed by atoms with Gasteiger partial charge in [-0.1, -0.05) is 6.07 Å². The van der Waals surface area contributed by atoms with Crippen molar-refractivity contribution in [3.05, 3.63) is 23.8 Å². The smallest absolute Gasteiger partial charge is 0.408 e. The molecule has 1 aromatic rings. The molecule has 1 rings (SSSR count). The van der Waals surface area contributed by atoms with Crippen molar-refractivity contribution in [2.24, 2.45) is 0 Å². The molecular weight excluding hydrogens is 326 g/mol. The van der Waals surface area contributed by atoms with Crippen molar-refractivity contribution in [2.45, 2.75) is 52.7 Å². The molecule has 0 aliphatic rings. The van der Waals surface area contributed by atoms with Crippen molar-refractivity contribution in [1.82, 2.24) is 5.32 Å². The second-order valence-electron chi connectivity index (χ2n) is 6.38. The lowest BCUT2D eigenvalue weighted by atomic mass is 10.0. The largest absolute Gasteiger partial charge is 0.494 e. The lowest BCUT2D eigenvalue weighted by Crippen LogP contribution is -2.44. The van der Waals surface area contributed by atoms with Gasteiger partial charge in [-0.05, 0) is 46.2 Å². The van der Waals surface area contributed by atoms with Gasteiger partial charge >= 0.3 is 12.1 Å². The van der Waals surface area contributed by atoms with E-state index in [-0.39, 0.29) is 6.42 Å². The molecule has 0 bridgehead atoms. The average molecular weight is 353 g/mol. The maximum Gasteiger partial charge on any atom is 0.408 e. The Morgan fingerprint density at radius 1 is 1.16 bits per heavy atom. The first-order valence-corrected chi connectivity index (χ1v) is 8.27. The van der Waals surface area contributed by atoms with Crippen molar-refractivity contribution in [2.75, 3.05) is 13.2 Å². The van der Waals surface area contributed by atoms with Crippen molar-refractivity contribution in [1.29, 1.82) is 0 Å². The first-order valence-electron chi connectivity index (χ1n) is 8.27. The zero-order valence-corrected chi connectivity index (χ0v) is 15.4. The van der Waals surface area contributed by atoms with E-state index in [1.54, 1.807) is 39.0 Å². The highest BCUT2D eigenvalue weighted by Gasteiger charge is 2.25. The normalized spacial score (nSPS) is 12.2. The van der Waals surface area contributed by atoms with Crippen LogP contribution in [0.15, 0.2) is 18.2 Å². The predicted molar refractivity (Wildman–Crippen MR) is 93.3 cm³/mol. The van der Waals surface area contributed by atoms with Crippen molar-refractivity contribution in [3.63, 3.8) is 0 Å². The molecule has 7 heteroatoms. The quantitative estimate of drug-likeness (QED) is 0.746. The van der Waals surface area contributed by atoms with Crippen LogP contribution in [0.1, 0.15) is 40.2 Å². The van der Waals surface area contributed by atoms with Crippen LogP contribution < -0.4 is 14.8 Å². The maximum absolute atomic E-state index is 11.9. The molecule has 1 aromatic carbocycles. The second kappa shape index (κ2) is 9.15. The lowest BCUT2D eigenvalue weighted by molar-refractivity contribution is -0.139. The van der Waals surface area contributed by atoms with Gasteiger partial charge in [0.15, 0.2) is 0 Å². The number of carboxylic acid groups (broad SMARTS) is 1. The van der Waals surface area contributed by atoms with E-state index in [2.05, 4.69) is 5.32 Å². The van der Waals surface area contributed by atoms with Crippen LogP contribution in [0.2, 0.25) is 0 Å². The molecule has 1 atom stereocenters. The number of carboxylic acids is 1. The zero-order chi connectivity index (χ0) is 19.0. The summed E-state index contributed by atoms with van der Waals surface area (Å²) in [4.78, 5) is 23.4. The molecule has 0 radical (unpaired) electrons. The fourth-order valence-electron chi connectivity index (χ4n) is 2.12. The van der Waals surface area contributed by atoms with Gasteiger partial charge < -0.3 is 24.6 Å². The second-order valence-corrected chi connectivity index (χ2v) is 6.38. The Bertz CT molecular complexity index is 594. The van der Waals surface area contributed by atoms with Crippen LogP contribution in [-0.2, 0) is 16.0 Å². The number of carbonyl (C=O) groups excluding carboxylic acids is 1. The van der Waals surface area contributed by atoms with E-state index in [1.807, 2.05) is 13.8 Å². The Balaban J connectivity index is 2.93. The summed E-state index contributed by atoms with van der Waals surface area (Å²) in [7, 11) is 0. The summed E-state index contributed by atoms with van der Waals surface area (Å²) in [6, 6.07) is 4.07. The van der Waals surface area contributed by atoms with Crippen LogP contribution in [0, 0.1) is 0 Å². The summed E-state index contributed by atoms with van der Waals surface area (Å²) in [5.41, 5.74) is -0.0447. The minimum atomic E-state index is -1.15. The number of ether oxygens (including phenoxy) is 3. The standard InChI is InChI=1S/C18H27NO6/c1-6-23-13-9-8-12(15(11-13)24-7-2)10-14(16(20)21)19-17(22)25-18(3,4)5/h8-9,11,14H,6-7,10H2,1-5H3,(H,19,22)(H,20,21). The van der Waals surface area contributed by atoms with E-state index in [1.165, 1.54) is 0 Å². The van der Waals surface area contributed by atoms with E-state index in [0.717, 1.165) is 0 Å². The van der Waals surface area contributed by atoms with Crippen LogP contribution in [-0.4, -0.2) is 42.0 Å². The Kier molecular flexibility index (Phi) is 7.54. The van der Waals surface area contributed by atoms with Crippen molar-refractivity contribution in [3.8, 4) is 11.5 Å². The molecule has 1 amide bonds. The van der Waals surface area contributed by atoms with Gasteiger partial charge in [0.2, 0.25) is 0 Å². The van der Waals surface area contributed by atoms with Crippen LogP contribution in [0.4, 0.5) is 4.79 Å². The summed E-state index contributed by atoms with van der Waals surface area (Å²) < 4.78 is 16.1. The van der Waals surface area contributed by atoms with Gasteiger partial charge in [0.1, 0.15) is 23.1 Å². The van der Waals surface area contributed by atoms with E-state index in [4.69, 9.17) is 14.2 Å². The van der Waals surface area contributed by atoms with Gasteiger partial charge in [0.25, 0.3) is 0 Å². The molecule has 0 aromatic heterocycles. The first kappa shape index (κ1) is 20.6. The predicted octanol–water partition coefficient (Wildman–Crippen LogP) is 3.00. The number of nitrogens with one attached hydrogen (secondary N) is 1. The van der Waals surface area contributed by atoms with Crippen molar-refractivity contribution >= 4 is 12.1 Å². The summed E-state index contributed by atoms with van der Waals surface area (Å²) in [6.07, 6.45) is -0.708. The molecule has 140 valence electrons. The Hall–Kier alpha value is -2.44. The number of hydrogen-bond acceptors (Lipinski definition) is 5. The monoisotopic (exact) mass is 353 g/mol. The molecule has 0 saturated carbocycles. The molecule has 0 saturated heterocycles. The van der Waals surface area contributed by atoms with E-state index >= 15 is 0 Å². The lowest BCUT2D eigenvalue weighted by Gasteiger charge is -2.22. The third kappa shape index (κ3) is 7.32. The Labute approximate surface area is 148 Å². The van der Waals surface area contributed by atoms with Gasteiger partial charge in [0, 0.05) is 12.5 Å². The number of amides is 1.